The zero-order valence-electron chi connectivity index (χ0n) is 17.4. The van der Waals surface area contributed by atoms with Gasteiger partial charge in [0.15, 0.2) is 0 Å². The third-order valence-electron chi connectivity index (χ3n) is 5.42. The molecule has 0 aliphatic heterocycles. The highest BCUT2D eigenvalue weighted by Crippen LogP contribution is 2.36. The van der Waals surface area contributed by atoms with Crippen molar-refractivity contribution in [1.82, 2.24) is 14.9 Å². The molecule has 3 N–H and O–H groups in total. The molecule has 2 atom stereocenters. The van der Waals surface area contributed by atoms with E-state index < -0.39 is 6.04 Å². The van der Waals surface area contributed by atoms with Crippen molar-refractivity contribution in [1.29, 1.82) is 0 Å². The van der Waals surface area contributed by atoms with Crippen molar-refractivity contribution in [2.75, 3.05) is 7.11 Å². The van der Waals surface area contributed by atoms with Crippen LogP contribution in [0, 0.1) is 0 Å². The smallest absolute Gasteiger partial charge is 0.237 e. The molecule has 1 heterocycles. The largest absolute Gasteiger partial charge is 0.496 e. The number of fused-ring (bicyclic) bond motifs is 1. The van der Waals surface area contributed by atoms with Crippen molar-refractivity contribution < 1.29 is 9.53 Å². The number of aromatic nitrogens is 2. The Morgan fingerprint density at radius 3 is 2.74 bits per heavy atom. The van der Waals surface area contributed by atoms with E-state index in [1.54, 1.807) is 13.4 Å². The number of benzene rings is 2. The van der Waals surface area contributed by atoms with Crippen LogP contribution in [0.2, 0.25) is 0 Å². The molecule has 1 amide bonds. The van der Waals surface area contributed by atoms with Crippen LogP contribution in [0.4, 0.5) is 0 Å². The number of hydrogen-bond acceptors (Lipinski definition) is 4. The normalized spacial score (nSPS) is 15.2. The average Bonchev–Trinajstić information content (AvgIpc) is 3.35. The molecule has 0 saturated heterocycles. The van der Waals surface area contributed by atoms with E-state index >= 15 is 0 Å². The van der Waals surface area contributed by atoms with E-state index in [2.05, 4.69) is 22.4 Å². The number of nitrogens with one attached hydrogen (secondary N) is 1. The van der Waals surface area contributed by atoms with Crippen LogP contribution in [0.25, 0.3) is 0 Å². The van der Waals surface area contributed by atoms with E-state index in [-0.39, 0.29) is 36.8 Å². The summed E-state index contributed by atoms with van der Waals surface area (Å²) in [5, 5.41) is 3.10. The van der Waals surface area contributed by atoms with Crippen LogP contribution >= 0.6 is 24.8 Å². The van der Waals surface area contributed by atoms with Crippen molar-refractivity contribution in [3.8, 4) is 5.75 Å². The molecule has 4 rings (SSSR count). The quantitative estimate of drug-likeness (QED) is 0.563. The molecule has 0 bridgehead atoms. The maximum atomic E-state index is 12.7. The number of ether oxygens (including phenoxy) is 1. The van der Waals surface area contributed by atoms with E-state index in [4.69, 9.17) is 10.5 Å². The van der Waals surface area contributed by atoms with E-state index in [9.17, 15) is 4.79 Å². The van der Waals surface area contributed by atoms with Crippen molar-refractivity contribution in [2.24, 2.45) is 5.73 Å². The lowest BCUT2D eigenvalue weighted by Crippen LogP contribution is -2.43. The molecule has 0 saturated carbocycles. The molecule has 1 aliphatic carbocycles. The number of nitrogens with two attached hydrogens (primary N) is 1. The topological polar surface area (TPSA) is 82.2 Å². The molecule has 0 radical (unpaired) electrons. The van der Waals surface area contributed by atoms with Gasteiger partial charge in [-0.15, -0.1) is 24.8 Å². The summed E-state index contributed by atoms with van der Waals surface area (Å²) in [5.41, 5.74) is 10.5. The van der Waals surface area contributed by atoms with Gasteiger partial charge in [-0.3, -0.25) is 4.79 Å². The lowest BCUT2D eigenvalue weighted by atomic mass is 10.1. The number of hydrogen-bond donors (Lipinski definition) is 2. The van der Waals surface area contributed by atoms with Crippen LogP contribution in [0.1, 0.15) is 34.8 Å². The van der Waals surface area contributed by atoms with Gasteiger partial charge in [-0.05, 0) is 35.6 Å². The summed E-state index contributed by atoms with van der Waals surface area (Å²) >= 11 is 0. The van der Waals surface area contributed by atoms with Gasteiger partial charge in [-0.25, -0.2) is 4.98 Å². The highest BCUT2D eigenvalue weighted by atomic mass is 35.5. The zero-order chi connectivity index (χ0) is 20.2. The predicted molar refractivity (Wildman–Crippen MR) is 126 cm³/mol. The lowest BCUT2D eigenvalue weighted by molar-refractivity contribution is -0.123. The Bertz CT molecular complexity index is 994. The number of amides is 1. The van der Waals surface area contributed by atoms with E-state index in [0.29, 0.717) is 6.42 Å². The molecule has 1 aromatic heterocycles. The van der Waals surface area contributed by atoms with Gasteiger partial charge < -0.3 is 20.4 Å². The Hall–Kier alpha value is -2.54. The molecule has 0 spiro atoms. The summed E-state index contributed by atoms with van der Waals surface area (Å²) in [6.07, 6.45) is 5.90. The fraction of sp³-hybridized carbons (Fsp3) is 0.304. The van der Waals surface area contributed by atoms with Crippen LogP contribution in [0.5, 0.6) is 5.75 Å². The standard InChI is InChI=1S/C23H26N4O2.2ClH/c1-29-22-9-5-8-18-19(22)10-11-21(18)26-23(28)20(24)12-17-14-27(15-25-17)13-16-6-3-2-4-7-16;;/h2-9,14-15,20-21H,10-13,24H2,1H3,(H,26,28);2*1H/t20-,21?;;/m0../s1. The maximum absolute atomic E-state index is 12.7. The number of halogens is 2. The summed E-state index contributed by atoms with van der Waals surface area (Å²) in [4.78, 5) is 17.1. The summed E-state index contributed by atoms with van der Waals surface area (Å²) in [6, 6.07) is 15.5. The predicted octanol–water partition coefficient (Wildman–Crippen LogP) is 3.46. The molecule has 1 aliphatic rings. The van der Waals surface area contributed by atoms with Gasteiger partial charge in [0.05, 0.1) is 31.2 Å². The first-order valence-corrected chi connectivity index (χ1v) is 9.90. The van der Waals surface area contributed by atoms with Gasteiger partial charge in [-0.2, -0.15) is 0 Å². The molecular weight excluding hydrogens is 435 g/mol. The van der Waals surface area contributed by atoms with Crippen molar-refractivity contribution in [2.45, 2.75) is 37.9 Å². The lowest BCUT2D eigenvalue weighted by Gasteiger charge is -2.18. The Morgan fingerprint density at radius 1 is 1.23 bits per heavy atom. The minimum absolute atomic E-state index is 0. The summed E-state index contributed by atoms with van der Waals surface area (Å²) in [7, 11) is 1.67. The zero-order valence-corrected chi connectivity index (χ0v) is 19.0. The SMILES string of the molecule is COc1cccc2c1CCC2NC(=O)[C@@H](N)Cc1cn(Cc2ccccc2)cn1.Cl.Cl. The van der Waals surface area contributed by atoms with Crippen molar-refractivity contribution >= 4 is 30.7 Å². The van der Waals surface area contributed by atoms with Gasteiger partial charge in [-0.1, -0.05) is 42.5 Å². The molecule has 2 aromatic carbocycles. The Kier molecular flexibility index (Phi) is 8.92. The van der Waals surface area contributed by atoms with Gasteiger partial charge in [0.2, 0.25) is 5.91 Å². The highest BCUT2D eigenvalue weighted by molar-refractivity contribution is 5.85. The van der Waals surface area contributed by atoms with Crippen LogP contribution in [0.15, 0.2) is 61.1 Å². The number of imidazole rings is 1. The van der Waals surface area contributed by atoms with Crippen LogP contribution in [0.3, 0.4) is 0 Å². The van der Waals surface area contributed by atoms with Crippen molar-refractivity contribution in [3.63, 3.8) is 0 Å². The number of rotatable bonds is 7. The van der Waals surface area contributed by atoms with Crippen LogP contribution in [-0.4, -0.2) is 28.6 Å². The molecule has 166 valence electrons. The molecule has 1 unspecified atom stereocenters. The van der Waals surface area contributed by atoms with Gasteiger partial charge in [0, 0.05) is 19.2 Å². The average molecular weight is 463 g/mol. The van der Waals surface area contributed by atoms with Gasteiger partial charge in [0.25, 0.3) is 0 Å². The molecule has 0 fully saturated rings. The number of carbonyl (C=O) groups excluding carboxylic acids is 1. The number of nitrogens with zero attached hydrogens (tertiary/aromatic N) is 2. The Balaban J connectivity index is 0.00000171. The molecule has 3 aromatic rings. The van der Waals surface area contributed by atoms with Gasteiger partial charge in [0.1, 0.15) is 5.75 Å². The Labute approximate surface area is 195 Å². The second-order valence-electron chi connectivity index (χ2n) is 7.46. The summed E-state index contributed by atoms with van der Waals surface area (Å²) in [5.74, 6) is 0.732. The summed E-state index contributed by atoms with van der Waals surface area (Å²) in [6.45, 7) is 0.746. The third kappa shape index (κ3) is 5.79. The third-order valence-corrected chi connectivity index (χ3v) is 5.42. The van der Waals surface area contributed by atoms with Crippen LogP contribution < -0.4 is 15.8 Å². The number of methoxy groups -OCH3 is 1. The van der Waals surface area contributed by atoms with Crippen LogP contribution in [-0.2, 0) is 24.2 Å². The first-order chi connectivity index (χ1) is 14.1. The minimum Gasteiger partial charge on any atom is -0.496 e. The van der Waals surface area contributed by atoms with Crippen molar-refractivity contribution in [3.05, 3.63) is 83.4 Å². The first kappa shape index (κ1) is 24.7. The summed E-state index contributed by atoms with van der Waals surface area (Å²) < 4.78 is 7.44. The molecule has 8 heteroatoms. The van der Waals surface area contributed by atoms with E-state index in [1.807, 2.05) is 47.2 Å². The molecule has 6 nitrogen and oxygen atoms in total. The number of carbonyl (C=O) groups is 1. The van der Waals surface area contributed by atoms with E-state index in [0.717, 1.165) is 36.4 Å². The second kappa shape index (κ2) is 11.2. The first-order valence-electron chi connectivity index (χ1n) is 9.90. The minimum atomic E-state index is -0.635. The fourth-order valence-electron chi connectivity index (χ4n) is 3.95. The maximum Gasteiger partial charge on any atom is 0.237 e. The van der Waals surface area contributed by atoms with Gasteiger partial charge >= 0.3 is 0 Å². The molecule has 31 heavy (non-hydrogen) atoms. The molecular formula is C23H28Cl2N4O2. The monoisotopic (exact) mass is 462 g/mol. The Morgan fingerprint density at radius 2 is 2.00 bits per heavy atom. The second-order valence-corrected chi connectivity index (χ2v) is 7.46. The van der Waals surface area contributed by atoms with E-state index in [1.165, 1.54) is 11.1 Å². The fourth-order valence-corrected chi connectivity index (χ4v) is 3.95. The highest BCUT2D eigenvalue weighted by Gasteiger charge is 2.28.